The van der Waals surface area contributed by atoms with Crippen LogP contribution in [-0.2, 0) is 14.3 Å². The molecule has 0 saturated carbocycles. The minimum absolute atomic E-state index is 0.0752. The quantitative estimate of drug-likeness (QED) is 0.273. The molecule has 2 amide bonds. The lowest BCUT2D eigenvalue weighted by molar-refractivity contribution is -0.151. The third-order valence-electron chi connectivity index (χ3n) is 7.90. The first-order valence-corrected chi connectivity index (χ1v) is 14.2. The Morgan fingerprint density at radius 2 is 1.59 bits per heavy atom. The van der Waals surface area contributed by atoms with Crippen LogP contribution in [0.2, 0.25) is 5.02 Å². The normalized spacial score (nSPS) is 16.5. The molecule has 1 heterocycles. The molecule has 0 aromatic heterocycles. The molecule has 3 aromatic carbocycles. The number of methoxy groups -OCH3 is 1. The third-order valence-corrected chi connectivity index (χ3v) is 8.15. The predicted molar refractivity (Wildman–Crippen MR) is 165 cm³/mol. The number of amides is 2. The molecule has 7 nitrogen and oxygen atoms in total. The van der Waals surface area contributed by atoms with E-state index in [1.54, 1.807) is 24.0 Å². The second-order valence-corrected chi connectivity index (χ2v) is 11.7. The van der Waals surface area contributed by atoms with E-state index in [0.29, 0.717) is 30.0 Å². The van der Waals surface area contributed by atoms with Gasteiger partial charge >= 0.3 is 5.97 Å². The highest BCUT2D eigenvalue weighted by atomic mass is 35.5. The number of carbonyl (C=O) groups is 3. The van der Waals surface area contributed by atoms with Gasteiger partial charge in [-0.1, -0.05) is 29.8 Å². The molecule has 8 heteroatoms. The van der Waals surface area contributed by atoms with Crippen molar-refractivity contribution in [1.29, 1.82) is 0 Å². The number of hydrogen-bond donors (Lipinski definition) is 0. The standard InChI is InChI=1S/C33H38ClN3O4/c1-22-21-30(37(23(2)38)27-17-13-25(34)14-18-27)28-9-7-8-10-29(28)36(22)31(39)24-11-15-26(16-12-24)35(5)20-19-33(3,4)32(40)41-6/h7-18,22,30H,19-21H2,1-6H3/t22-,30+/m0/s1. The van der Waals surface area contributed by atoms with Crippen molar-refractivity contribution in [1.82, 2.24) is 0 Å². The summed E-state index contributed by atoms with van der Waals surface area (Å²) in [6, 6.07) is 22.2. The maximum absolute atomic E-state index is 13.9. The van der Waals surface area contributed by atoms with Crippen LogP contribution in [0.4, 0.5) is 17.1 Å². The summed E-state index contributed by atoms with van der Waals surface area (Å²) in [5.41, 5.74) is 3.44. The minimum atomic E-state index is -0.583. The zero-order valence-electron chi connectivity index (χ0n) is 24.6. The van der Waals surface area contributed by atoms with Crippen LogP contribution in [0.5, 0.6) is 0 Å². The van der Waals surface area contributed by atoms with Gasteiger partial charge in [-0.2, -0.15) is 0 Å². The number of para-hydroxylation sites is 1. The molecule has 1 aliphatic rings. The number of benzene rings is 3. The van der Waals surface area contributed by atoms with Crippen LogP contribution >= 0.6 is 11.6 Å². The van der Waals surface area contributed by atoms with Crippen molar-refractivity contribution in [2.24, 2.45) is 5.41 Å². The highest BCUT2D eigenvalue weighted by molar-refractivity contribution is 6.30. The van der Waals surface area contributed by atoms with Crippen molar-refractivity contribution in [3.8, 4) is 0 Å². The Kier molecular flexibility index (Phi) is 9.08. The molecular formula is C33H38ClN3O4. The maximum atomic E-state index is 13.9. The average Bonchev–Trinajstić information content (AvgIpc) is 2.96. The van der Waals surface area contributed by atoms with E-state index in [2.05, 4.69) is 4.90 Å². The van der Waals surface area contributed by atoms with Crippen molar-refractivity contribution >= 4 is 46.4 Å². The van der Waals surface area contributed by atoms with Crippen LogP contribution in [0.1, 0.15) is 62.5 Å². The molecule has 3 aromatic rings. The number of ether oxygens (including phenoxy) is 1. The fraction of sp³-hybridized carbons (Fsp3) is 0.364. The molecule has 0 bridgehead atoms. The van der Waals surface area contributed by atoms with Gasteiger partial charge in [0.15, 0.2) is 0 Å². The lowest BCUT2D eigenvalue weighted by Crippen LogP contribution is -2.47. The van der Waals surface area contributed by atoms with Gasteiger partial charge in [0.1, 0.15) is 0 Å². The minimum Gasteiger partial charge on any atom is -0.469 e. The molecule has 4 rings (SSSR count). The summed E-state index contributed by atoms with van der Waals surface area (Å²) in [5, 5.41) is 0.605. The molecule has 0 saturated heterocycles. The highest BCUT2D eigenvalue weighted by Gasteiger charge is 2.38. The summed E-state index contributed by atoms with van der Waals surface area (Å²) in [4.78, 5) is 44.5. The van der Waals surface area contributed by atoms with Gasteiger partial charge in [-0.15, -0.1) is 0 Å². The lowest BCUT2D eigenvalue weighted by Gasteiger charge is -2.43. The first kappa shape index (κ1) is 30.1. The Morgan fingerprint density at radius 3 is 2.20 bits per heavy atom. The molecule has 0 N–H and O–H groups in total. The number of carbonyl (C=O) groups excluding carboxylic acids is 3. The summed E-state index contributed by atoms with van der Waals surface area (Å²) in [5.74, 6) is -0.399. The second kappa shape index (κ2) is 12.4. The largest absolute Gasteiger partial charge is 0.469 e. The molecular weight excluding hydrogens is 538 g/mol. The number of anilines is 3. The molecule has 0 radical (unpaired) electrons. The Morgan fingerprint density at radius 1 is 0.976 bits per heavy atom. The predicted octanol–water partition coefficient (Wildman–Crippen LogP) is 6.90. The highest BCUT2D eigenvalue weighted by Crippen LogP contribution is 2.43. The van der Waals surface area contributed by atoms with Crippen molar-refractivity contribution in [2.75, 3.05) is 35.4 Å². The van der Waals surface area contributed by atoms with Gasteiger partial charge in [0, 0.05) is 54.2 Å². The van der Waals surface area contributed by atoms with Crippen LogP contribution in [0.15, 0.2) is 72.8 Å². The van der Waals surface area contributed by atoms with Crippen LogP contribution in [0.25, 0.3) is 0 Å². The Labute approximate surface area is 247 Å². The smallest absolute Gasteiger partial charge is 0.311 e. The van der Waals surface area contributed by atoms with Crippen molar-refractivity contribution in [2.45, 2.75) is 52.6 Å². The summed E-state index contributed by atoms with van der Waals surface area (Å²) in [6.45, 7) is 8.00. The van der Waals surface area contributed by atoms with E-state index in [1.807, 2.05) is 93.4 Å². The zero-order valence-corrected chi connectivity index (χ0v) is 25.3. The lowest BCUT2D eigenvalue weighted by atomic mass is 9.89. The monoisotopic (exact) mass is 575 g/mol. The average molecular weight is 576 g/mol. The molecule has 41 heavy (non-hydrogen) atoms. The summed E-state index contributed by atoms with van der Waals surface area (Å²) < 4.78 is 4.92. The maximum Gasteiger partial charge on any atom is 0.311 e. The van der Waals surface area contributed by atoms with E-state index in [9.17, 15) is 14.4 Å². The Bertz CT molecular complexity index is 1400. The van der Waals surface area contributed by atoms with Crippen molar-refractivity contribution in [3.63, 3.8) is 0 Å². The van der Waals surface area contributed by atoms with Crippen LogP contribution in [0, 0.1) is 5.41 Å². The molecule has 0 spiro atoms. The van der Waals surface area contributed by atoms with E-state index >= 15 is 0 Å². The SMILES string of the molecule is COC(=O)C(C)(C)CCN(C)c1ccc(C(=O)N2c3ccccc3[C@H](N(C(C)=O)c3ccc(Cl)cc3)C[C@@H]2C)cc1. The number of rotatable bonds is 8. The number of fused-ring (bicyclic) bond motifs is 1. The van der Waals surface area contributed by atoms with Gasteiger partial charge in [0.2, 0.25) is 5.91 Å². The molecule has 0 aliphatic carbocycles. The summed E-state index contributed by atoms with van der Waals surface area (Å²) in [7, 11) is 3.37. The number of nitrogens with zero attached hydrogens (tertiary/aromatic N) is 3. The molecule has 0 unspecified atom stereocenters. The van der Waals surface area contributed by atoms with Gasteiger partial charge in [0.05, 0.1) is 18.6 Å². The molecule has 0 fully saturated rings. The fourth-order valence-corrected chi connectivity index (χ4v) is 5.60. The van der Waals surface area contributed by atoms with Crippen molar-refractivity contribution < 1.29 is 19.1 Å². The number of hydrogen-bond acceptors (Lipinski definition) is 5. The van der Waals surface area contributed by atoms with Gasteiger partial charge < -0.3 is 19.4 Å². The zero-order chi connectivity index (χ0) is 29.9. The Hall–Kier alpha value is -3.84. The number of esters is 1. The summed E-state index contributed by atoms with van der Waals surface area (Å²) >= 11 is 6.11. The molecule has 2 atom stereocenters. The van der Waals surface area contributed by atoms with Crippen molar-refractivity contribution in [3.05, 3.63) is 88.9 Å². The van der Waals surface area contributed by atoms with Gasteiger partial charge in [-0.25, -0.2) is 0 Å². The molecule has 216 valence electrons. The third kappa shape index (κ3) is 6.41. The van der Waals surface area contributed by atoms with Crippen LogP contribution < -0.4 is 14.7 Å². The van der Waals surface area contributed by atoms with E-state index in [0.717, 1.165) is 22.6 Å². The van der Waals surface area contributed by atoms with E-state index < -0.39 is 5.41 Å². The molecule has 1 aliphatic heterocycles. The van der Waals surface area contributed by atoms with Gasteiger partial charge in [0.25, 0.3) is 5.91 Å². The fourth-order valence-electron chi connectivity index (χ4n) is 5.47. The van der Waals surface area contributed by atoms with Crippen LogP contribution in [0.3, 0.4) is 0 Å². The first-order chi connectivity index (χ1) is 19.4. The topological polar surface area (TPSA) is 70.2 Å². The first-order valence-electron chi connectivity index (χ1n) is 13.8. The number of halogens is 1. The van der Waals surface area contributed by atoms with Gasteiger partial charge in [-0.3, -0.25) is 14.4 Å². The van der Waals surface area contributed by atoms with E-state index in [1.165, 1.54) is 7.11 Å². The Balaban J connectivity index is 1.57. The van der Waals surface area contributed by atoms with Gasteiger partial charge in [-0.05, 0) is 93.8 Å². The van der Waals surface area contributed by atoms with E-state index in [-0.39, 0.29) is 29.9 Å². The second-order valence-electron chi connectivity index (χ2n) is 11.3. The summed E-state index contributed by atoms with van der Waals surface area (Å²) in [6.07, 6.45) is 1.22. The van der Waals surface area contributed by atoms with Crippen LogP contribution in [-0.4, -0.2) is 44.5 Å². The van der Waals surface area contributed by atoms with E-state index in [4.69, 9.17) is 16.3 Å².